The minimum absolute atomic E-state index is 0.00678. The summed E-state index contributed by atoms with van der Waals surface area (Å²) < 4.78 is 34.2. The molecule has 216 valence electrons. The number of fused-ring (bicyclic) bond motifs is 1. The minimum atomic E-state index is -3.84. The van der Waals surface area contributed by atoms with Crippen molar-refractivity contribution in [2.75, 3.05) is 29.9 Å². The molecule has 2 amide bonds. The first-order chi connectivity index (χ1) is 19.3. The molecule has 1 saturated heterocycles. The van der Waals surface area contributed by atoms with Crippen LogP contribution in [-0.4, -0.2) is 44.2 Å². The molecule has 0 aliphatic carbocycles. The number of carbonyl (C=O) groups excluding carboxylic acids is 2. The van der Waals surface area contributed by atoms with Crippen molar-refractivity contribution >= 4 is 68.0 Å². The maximum atomic E-state index is 13.5. The molecule has 0 aromatic heterocycles. The van der Waals surface area contributed by atoms with E-state index in [2.05, 4.69) is 5.32 Å². The first kappa shape index (κ1) is 29.7. The van der Waals surface area contributed by atoms with E-state index in [4.69, 9.17) is 39.5 Å². The molecule has 5 rings (SSSR count). The van der Waals surface area contributed by atoms with Crippen molar-refractivity contribution in [3.8, 4) is 11.5 Å². The van der Waals surface area contributed by atoms with Gasteiger partial charge in [-0.05, 0) is 73.0 Å². The number of ether oxygens (including phenoxy) is 1. The Morgan fingerprint density at radius 1 is 0.878 bits per heavy atom. The van der Waals surface area contributed by atoms with Crippen molar-refractivity contribution in [1.82, 2.24) is 4.31 Å². The molecule has 0 atom stereocenters. The van der Waals surface area contributed by atoms with Crippen LogP contribution in [0.1, 0.15) is 38.7 Å². The number of piperidine rings is 1. The van der Waals surface area contributed by atoms with Crippen LogP contribution >= 0.6 is 34.8 Å². The Kier molecular flexibility index (Phi) is 8.29. The molecule has 0 bridgehead atoms. The van der Waals surface area contributed by atoms with E-state index in [9.17, 15) is 18.0 Å². The zero-order valence-electron chi connectivity index (χ0n) is 22.4. The molecular formula is C29H28Cl3N3O5S. The zero-order chi connectivity index (χ0) is 29.5. The summed E-state index contributed by atoms with van der Waals surface area (Å²) in [4.78, 5) is 28.2. The van der Waals surface area contributed by atoms with Crippen LogP contribution in [-0.2, 0) is 25.0 Å². The maximum absolute atomic E-state index is 13.5. The van der Waals surface area contributed by atoms with Crippen LogP contribution in [0.25, 0.3) is 0 Å². The summed E-state index contributed by atoms with van der Waals surface area (Å²) in [6.07, 6.45) is 2.51. The fraction of sp³-hybridized carbons (Fsp3) is 0.310. The molecule has 2 aliphatic rings. The van der Waals surface area contributed by atoms with Crippen LogP contribution in [0.15, 0.2) is 59.5 Å². The quantitative estimate of drug-likeness (QED) is 0.308. The number of amides is 2. The lowest BCUT2D eigenvalue weighted by Gasteiger charge is -2.26. The number of sulfonamides is 1. The van der Waals surface area contributed by atoms with Crippen molar-refractivity contribution < 1.29 is 22.7 Å². The molecule has 0 radical (unpaired) electrons. The molecule has 1 fully saturated rings. The normalized spacial score (nSPS) is 16.8. The monoisotopic (exact) mass is 635 g/mol. The van der Waals surface area contributed by atoms with Crippen LogP contribution in [0, 0.1) is 0 Å². The second-order valence-corrected chi connectivity index (χ2v) is 14.0. The molecular weight excluding hydrogens is 609 g/mol. The van der Waals surface area contributed by atoms with Gasteiger partial charge in [0.2, 0.25) is 10.0 Å². The second kappa shape index (κ2) is 11.5. The lowest BCUT2D eigenvalue weighted by Crippen LogP contribution is -2.41. The average Bonchev–Trinajstić information content (AvgIpc) is 3.18. The zero-order valence-corrected chi connectivity index (χ0v) is 25.5. The number of rotatable bonds is 5. The van der Waals surface area contributed by atoms with Crippen molar-refractivity contribution in [3.05, 3.63) is 75.2 Å². The van der Waals surface area contributed by atoms with Gasteiger partial charge >= 0.3 is 11.8 Å². The average molecular weight is 637 g/mol. The summed E-state index contributed by atoms with van der Waals surface area (Å²) in [5, 5.41) is 3.78. The van der Waals surface area contributed by atoms with Gasteiger partial charge in [-0.2, -0.15) is 4.31 Å². The molecule has 3 aromatic carbocycles. The van der Waals surface area contributed by atoms with E-state index in [1.807, 2.05) is 13.8 Å². The predicted molar refractivity (Wildman–Crippen MR) is 161 cm³/mol. The summed E-state index contributed by atoms with van der Waals surface area (Å²) in [6, 6.07) is 13.9. The second-order valence-electron chi connectivity index (χ2n) is 10.7. The van der Waals surface area contributed by atoms with Crippen LogP contribution in [0.5, 0.6) is 11.5 Å². The third-order valence-corrected chi connectivity index (χ3v) is 9.75. The number of hydrogen-bond donors (Lipinski definition) is 1. The summed E-state index contributed by atoms with van der Waals surface area (Å²) in [5.41, 5.74) is 1.01. The third kappa shape index (κ3) is 6.20. The summed E-state index contributed by atoms with van der Waals surface area (Å²) in [7, 11) is -3.84. The highest BCUT2D eigenvalue weighted by Crippen LogP contribution is 2.42. The first-order valence-corrected chi connectivity index (χ1v) is 15.6. The highest BCUT2D eigenvalue weighted by Gasteiger charge is 2.40. The molecule has 0 unspecified atom stereocenters. The Hall–Kier alpha value is -2.82. The number of halogens is 3. The van der Waals surface area contributed by atoms with Gasteiger partial charge in [-0.3, -0.25) is 9.59 Å². The largest absolute Gasteiger partial charge is 0.455 e. The molecule has 3 aromatic rings. The van der Waals surface area contributed by atoms with Crippen LogP contribution in [0.3, 0.4) is 0 Å². The molecule has 1 N–H and O–H groups in total. The highest BCUT2D eigenvalue weighted by atomic mass is 35.5. The highest BCUT2D eigenvalue weighted by molar-refractivity contribution is 7.89. The Balaban J connectivity index is 1.48. The molecule has 8 nitrogen and oxygen atoms in total. The maximum Gasteiger partial charge on any atom is 0.316 e. The van der Waals surface area contributed by atoms with Gasteiger partial charge in [0.05, 0.1) is 10.6 Å². The summed E-state index contributed by atoms with van der Waals surface area (Å²) in [6.45, 7) is 5.02. The van der Waals surface area contributed by atoms with Crippen molar-refractivity contribution in [2.45, 2.75) is 43.4 Å². The van der Waals surface area contributed by atoms with Gasteiger partial charge in [-0.1, -0.05) is 55.1 Å². The van der Waals surface area contributed by atoms with E-state index in [0.717, 1.165) is 24.8 Å². The van der Waals surface area contributed by atoms with Gasteiger partial charge in [-0.25, -0.2) is 8.42 Å². The van der Waals surface area contributed by atoms with Gasteiger partial charge in [0.25, 0.3) is 0 Å². The fourth-order valence-electron chi connectivity index (χ4n) is 5.16. The molecule has 2 heterocycles. The SMILES string of the molecule is CC1(C)CN(C(=O)C(=O)Nc2cc(S(=O)(=O)N3CCCCC3)ccc2Oc2cc(Cl)cc(Cl)c2)c2ccc(Cl)cc21. The Morgan fingerprint density at radius 3 is 2.24 bits per heavy atom. The first-order valence-electron chi connectivity index (χ1n) is 13.1. The number of nitrogens with one attached hydrogen (secondary N) is 1. The predicted octanol–water partition coefficient (Wildman–Crippen LogP) is 6.88. The van der Waals surface area contributed by atoms with Gasteiger partial charge in [0, 0.05) is 45.8 Å². The van der Waals surface area contributed by atoms with Crippen LogP contribution in [0.4, 0.5) is 11.4 Å². The summed E-state index contributed by atoms with van der Waals surface area (Å²) >= 11 is 18.4. The van der Waals surface area contributed by atoms with E-state index in [1.54, 1.807) is 18.2 Å². The van der Waals surface area contributed by atoms with Gasteiger partial charge in [0.15, 0.2) is 5.75 Å². The number of hydrogen-bond acceptors (Lipinski definition) is 5. The van der Waals surface area contributed by atoms with E-state index < -0.39 is 27.3 Å². The van der Waals surface area contributed by atoms with Crippen LogP contribution in [0.2, 0.25) is 15.1 Å². The number of benzene rings is 3. The number of nitrogens with zero attached hydrogens (tertiary/aromatic N) is 2. The standard InChI is InChI=1S/C29H28Cl3N3O5S/c1-29(2)17-35(25-8-6-18(30)15-23(25)29)28(37)27(36)33-24-16-22(41(38,39)34-10-4-3-5-11-34)7-9-26(24)40-21-13-19(31)12-20(32)14-21/h6-9,12-16H,3-5,10-11,17H2,1-2H3,(H,33,36). The van der Waals surface area contributed by atoms with Gasteiger partial charge in [0.1, 0.15) is 5.75 Å². The van der Waals surface area contributed by atoms with Crippen molar-refractivity contribution in [1.29, 1.82) is 0 Å². The number of carbonyl (C=O) groups is 2. The van der Waals surface area contributed by atoms with Crippen molar-refractivity contribution in [3.63, 3.8) is 0 Å². The van der Waals surface area contributed by atoms with Gasteiger partial charge in [-0.15, -0.1) is 0 Å². The molecule has 0 saturated carbocycles. The van der Waals surface area contributed by atoms with E-state index in [1.165, 1.54) is 45.6 Å². The fourth-order valence-corrected chi connectivity index (χ4v) is 7.38. The Bertz CT molecular complexity index is 1620. The van der Waals surface area contributed by atoms with E-state index in [-0.39, 0.29) is 28.6 Å². The third-order valence-electron chi connectivity index (χ3n) is 7.19. The van der Waals surface area contributed by atoms with Crippen molar-refractivity contribution in [2.24, 2.45) is 0 Å². The molecule has 0 spiro atoms. The van der Waals surface area contributed by atoms with Gasteiger partial charge < -0.3 is 15.0 Å². The lowest BCUT2D eigenvalue weighted by molar-refractivity contribution is -0.134. The Labute approximate surface area is 254 Å². The molecule has 12 heteroatoms. The topological polar surface area (TPSA) is 96.0 Å². The lowest BCUT2D eigenvalue weighted by atomic mass is 9.87. The van der Waals surface area contributed by atoms with E-state index in [0.29, 0.717) is 33.8 Å². The molecule has 2 aliphatic heterocycles. The Morgan fingerprint density at radius 2 is 1.56 bits per heavy atom. The summed E-state index contributed by atoms with van der Waals surface area (Å²) in [5.74, 6) is -1.38. The van der Waals surface area contributed by atoms with Crippen LogP contribution < -0.4 is 15.0 Å². The number of anilines is 2. The minimum Gasteiger partial charge on any atom is -0.455 e. The molecule has 41 heavy (non-hydrogen) atoms. The van der Waals surface area contributed by atoms with E-state index >= 15 is 0 Å². The smallest absolute Gasteiger partial charge is 0.316 e.